The number of furan rings is 1. The Labute approximate surface area is 155 Å². The Kier molecular flexibility index (Phi) is 3.25. The zero-order chi connectivity index (χ0) is 18.5. The number of pyridine rings is 2. The summed E-state index contributed by atoms with van der Waals surface area (Å²) in [5, 5.41) is 12.2. The summed E-state index contributed by atoms with van der Waals surface area (Å²) in [5.74, 6) is 0. The molecule has 0 bridgehead atoms. The summed E-state index contributed by atoms with van der Waals surface area (Å²) in [6.07, 6.45) is 0. The smallest absolute Gasteiger partial charge is 0.228 e. The van der Waals surface area contributed by atoms with Crippen molar-refractivity contribution < 1.29 is 8.98 Å². The Morgan fingerprint density at radius 1 is 1.00 bits per heavy atom. The van der Waals surface area contributed by atoms with Crippen molar-refractivity contribution in [1.82, 2.24) is 4.98 Å². The highest BCUT2D eigenvalue weighted by Gasteiger charge is 2.18. The molecule has 2 aromatic carbocycles. The van der Waals surface area contributed by atoms with Crippen molar-refractivity contribution in [1.29, 1.82) is 5.26 Å². The van der Waals surface area contributed by atoms with Gasteiger partial charge in [0.25, 0.3) is 0 Å². The van der Waals surface area contributed by atoms with Gasteiger partial charge < -0.3 is 4.42 Å². The second-order valence-corrected chi connectivity index (χ2v) is 6.76. The number of hydrogen-bond donors (Lipinski definition) is 0. The van der Waals surface area contributed by atoms with Crippen molar-refractivity contribution in [3.63, 3.8) is 0 Å². The number of benzene rings is 2. The third-order valence-corrected chi connectivity index (χ3v) is 5.15. The molecule has 0 spiro atoms. The van der Waals surface area contributed by atoms with E-state index in [1.807, 2.05) is 6.07 Å². The van der Waals surface area contributed by atoms with Crippen LogP contribution in [-0.2, 0) is 7.05 Å². The quantitative estimate of drug-likeness (QED) is 0.408. The SMILES string of the molecule is Cc1cc2c(cc1-c1ccc3ccccc3[n+]1C)oc1nc(C#N)ccc12. The number of aromatic nitrogens is 2. The van der Waals surface area contributed by atoms with Crippen LogP contribution in [0.15, 0.2) is 65.1 Å². The molecule has 0 aliphatic carbocycles. The van der Waals surface area contributed by atoms with E-state index < -0.39 is 0 Å². The topological polar surface area (TPSA) is 53.7 Å². The predicted molar refractivity (Wildman–Crippen MR) is 105 cm³/mol. The maximum Gasteiger partial charge on any atom is 0.228 e. The first-order chi connectivity index (χ1) is 13.2. The summed E-state index contributed by atoms with van der Waals surface area (Å²) < 4.78 is 8.17. The molecule has 0 atom stereocenters. The van der Waals surface area contributed by atoms with Crippen LogP contribution in [0.25, 0.3) is 44.2 Å². The molecule has 0 unspecified atom stereocenters. The summed E-state index contributed by atoms with van der Waals surface area (Å²) in [5.41, 5.74) is 6.23. The Balaban J connectivity index is 1.79. The normalized spacial score (nSPS) is 11.3. The fourth-order valence-corrected chi connectivity index (χ4v) is 3.76. The first-order valence-electron chi connectivity index (χ1n) is 8.78. The molecule has 128 valence electrons. The number of nitriles is 1. The number of fused-ring (bicyclic) bond motifs is 4. The Bertz CT molecular complexity index is 1410. The maximum absolute atomic E-state index is 9.07. The van der Waals surface area contributed by atoms with E-state index in [2.05, 4.69) is 78.1 Å². The Morgan fingerprint density at radius 2 is 1.85 bits per heavy atom. The third kappa shape index (κ3) is 2.29. The number of rotatable bonds is 1. The molecule has 0 aliphatic heterocycles. The van der Waals surface area contributed by atoms with Gasteiger partial charge in [0.1, 0.15) is 24.4 Å². The van der Waals surface area contributed by atoms with Gasteiger partial charge in [-0.05, 0) is 48.9 Å². The zero-order valence-corrected chi connectivity index (χ0v) is 15.0. The molecule has 3 heterocycles. The molecule has 0 radical (unpaired) electrons. The summed E-state index contributed by atoms with van der Waals surface area (Å²) in [4.78, 5) is 4.29. The van der Waals surface area contributed by atoms with Gasteiger partial charge in [-0.25, -0.2) is 4.98 Å². The van der Waals surface area contributed by atoms with Gasteiger partial charge in [-0.1, -0.05) is 12.1 Å². The Morgan fingerprint density at radius 3 is 2.70 bits per heavy atom. The van der Waals surface area contributed by atoms with Crippen molar-refractivity contribution >= 4 is 33.0 Å². The van der Waals surface area contributed by atoms with Crippen molar-refractivity contribution in [2.75, 3.05) is 0 Å². The van der Waals surface area contributed by atoms with E-state index in [0.717, 1.165) is 27.6 Å². The van der Waals surface area contributed by atoms with E-state index in [9.17, 15) is 0 Å². The van der Waals surface area contributed by atoms with Crippen molar-refractivity contribution in [3.8, 4) is 17.3 Å². The fourth-order valence-electron chi connectivity index (χ4n) is 3.76. The maximum atomic E-state index is 9.07. The molecule has 4 heteroatoms. The number of aryl methyl sites for hydroxylation is 2. The van der Waals surface area contributed by atoms with Crippen LogP contribution in [-0.4, -0.2) is 4.98 Å². The van der Waals surface area contributed by atoms with E-state index >= 15 is 0 Å². The highest BCUT2D eigenvalue weighted by Crippen LogP contribution is 2.33. The van der Waals surface area contributed by atoms with Crippen molar-refractivity contribution in [2.45, 2.75) is 6.92 Å². The summed E-state index contributed by atoms with van der Waals surface area (Å²) in [6, 6.07) is 22.5. The minimum atomic E-state index is 0.361. The number of hydrogen-bond acceptors (Lipinski definition) is 3. The highest BCUT2D eigenvalue weighted by molar-refractivity contribution is 6.05. The lowest BCUT2D eigenvalue weighted by Crippen LogP contribution is -2.32. The fraction of sp³-hybridized carbons (Fsp3) is 0.0870. The monoisotopic (exact) mass is 350 g/mol. The third-order valence-electron chi connectivity index (χ3n) is 5.15. The molecule has 0 aliphatic rings. The second kappa shape index (κ2) is 5.65. The second-order valence-electron chi connectivity index (χ2n) is 6.76. The molecule has 0 saturated carbocycles. The van der Waals surface area contributed by atoms with Crippen molar-refractivity contribution in [3.05, 3.63) is 71.9 Å². The van der Waals surface area contributed by atoms with E-state index in [1.165, 1.54) is 16.5 Å². The van der Waals surface area contributed by atoms with Gasteiger partial charge in [0.2, 0.25) is 16.9 Å². The molecule has 0 N–H and O–H groups in total. The van der Waals surface area contributed by atoms with Gasteiger partial charge in [0, 0.05) is 28.3 Å². The standard InChI is InChI=1S/C23H16N3O/c1-14-11-19-17-9-8-16(13-24)25-23(17)27-22(19)12-18(14)21-10-7-15-5-3-4-6-20(15)26(21)2/h3-12H,1-2H3/q+1. The average Bonchev–Trinajstić information content (AvgIpc) is 3.04. The van der Waals surface area contributed by atoms with Crippen LogP contribution >= 0.6 is 0 Å². The molecule has 3 aromatic heterocycles. The molecule has 5 aromatic rings. The van der Waals surface area contributed by atoms with Gasteiger partial charge in [0.05, 0.1) is 5.56 Å². The Hall–Kier alpha value is -3.71. The van der Waals surface area contributed by atoms with Crippen molar-refractivity contribution in [2.24, 2.45) is 7.05 Å². The van der Waals surface area contributed by atoms with E-state index in [1.54, 1.807) is 6.07 Å². The van der Waals surface area contributed by atoms with Crippen LogP contribution in [0.2, 0.25) is 0 Å². The largest absolute Gasteiger partial charge is 0.438 e. The molecule has 27 heavy (non-hydrogen) atoms. The van der Waals surface area contributed by atoms with Gasteiger partial charge in [-0.2, -0.15) is 9.83 Å². The van der Waals surface area contributed by atoms with Crippen LogP contribution in [0.5, 0.6) is 0 Å². The number of para-hydroxylation sites is 1. The lowest BCUT2D eigenvalue weighted by molar-refractivity contribution is -0.633. The lowest BCUT2D eigenvalue weighted by Gasteiger charge is -2.06. The summed E-state index contributed by atoms with van der Waals surface area (Å²) in [6.45, 7) is 2.11. The molecule has 4 nitrogen and oxygen atoms in total. The average molecular weight is 350 g/mol. The zero-order valence-electron chi connectivity index (χ0n) is 15.0. The highest BCUT2D eigenvalue weighted by atomic mass is 16.3. The van der Waals surface area contributed by atoms with Crippen LogP contribution in [0.3, 0.4) is 0 Å². The number of nitrogens with zero attached hydrogens (tertiary/aromatic N) is 3. The molecular formula is C23H16N3O+. The summed E-state index contributed by atoms with van der Waals surface area (Å²) in [7, 11) is 2.08. The van der Waals surface area contributed by atoms with Crippen LogP contribution in [0.4, 0.5) is 0 Å². The first-order valence-corrected chi connectivity index (χ1v) is 8.78. The predicted octanol–water partition coefficient (Wildman–Crippen LogP) is 4.81. The summed E-state index contributed by atoms with van der Waals surface area (Å²) >= 11 is 0. The van der Waals surface area contributed by atoms with E-state index in [-0.39, 0.29) is 0 Å². The molecule has 5 rings (SSSR count). The molecule has 0 amide bonds. The van der Waals surface area contributed by atoms with Gasteiger partial charge in [-0.3, -0.25) is 0 Å². The van der Waals surface area contributed by atoms with E-state index in [4.69, 9.17) is 9.68 Å². The van der Waals surface area contributed by atoms with Crippen LogP contribution in [0, 0.1) is 18.3 Å². The first kappa shape index (κ1) is 15.5. The van der Waals surface area contributed by atoms with Crippen LogP contribution < -0.4 is 4.57 Å². The minimum Gasteiger partial charge on any atom is -0.438 e. The molecule has 0 saturated heterocycles. The molecule has 0 fully saturated rings. The minimum absolute atomic E-state index is 0.361. The molecular weight excluding hydrogens is 334 g/mol. The van der Waals surface area contributed by atoms with Crippen LogP contribution in [0.1, 0.15) is 11.3 Å². The van der Waals surface area contributed by atoms with Gasteiger partial charge in [0.15, 0.2) is 0 Å². The lowest BCUT2D eigenvalue weighted by atomic mass is 10.0. The van der Waals surface area contributed by atoms with Gasteiger partial charge in [-0.15, -0.1) is 0 Å². The van der Waals surface area contributed by atoms with Gasteiger partial charge >= 0.3 is 0 Å². The van der Waals surface area contributed by atoms with E-state index in [0.29, 0.717) is 11.4 Å².